The van der Waals surface area contributed by atoms with Crippen LogP contribution in [0.25, 0.3) is 0 Å². The predicted octanol–water partition coefficient (Wildman–Crippen LogP) is 1.97. The van der Waals surface area contributed by atoms with Gasteiger partial charge in [0.2, 0.25) is 0 Å². The van der Waals surface area contributed by atoms with Crippen molar-refractivity contribution in [1.29, 1.82) is 0 Å². The van der Waals surface area contributed by atoms with Crippen LogP contribution in [0.3, 0.4) is 0 Å². The Morgan fingerprint density at radius 1 is 1.50 bits per heavy atom. The number of halogens is 1. The van der Waals surface area contributed by atoms with E-state index in [1.165, 1.54) is 6.34 Å². The molecule has 0 aromatic carbocycles. The fourth-order valence-corrected chi connectivity index (χ4v) is 1.35. The van der Waals surface area contributed by atoms with Crippen molar-refractivity contribution in [2.75, 3.05) is 6.54 Å². The number of hydrazone groups is 1. The second-order valence-corrected chi connectivity index (χ2v) is 2.95. The summed E-state index contributed by atoms with van der Waals surface area (Å²) in [6.07, 6.45) is 4.09. The summed E-state index contributed by atoms with van der Waals surface area (Å²) in [6.45, 7) is 4.86. The highest BCUT2D eigenvalue weighted by molar-refractivity contribution is 5.55. The van der Waals surface area contributed by atoms with Gasteiger partial charge in [-0.25, -0.2) is 0 Å². The van der Waals surface area contributed by atoms with E-state index in [0.29, 0.717) is 5.12 Å². The predicted molar refractivity (Wildman–Crippen MR) is 47.1 cm³/mol. The maximum Gasteiger partial charge on any atom is 0.149 e. The molecule has 0 aliphatic carbocycles. The monoisotopic (exact) mass is 173 g/mol. The fraction of sp³-hybridized carbons (Fsp3) is 0.875. The molecule has 1 heterocycles. The Bertz CT molecular complexity index is 160. The molecule has 0 N–H and O–H groups in total. The quantitative estimate of drug-likeness (QED) is 0.605. The van der Waals surface area contributed by atoms with Crippen molar-refractivity contribution < 1.29 is 4.48 Å². The summed E-state index contributed by atoms with van der Waals surface area (Å²) in [5.74, 6) is 0. The van der Waals surface area contributed by atoms with E-state index in [-0.39, 0.29) is 6.17 Å². The van der Waals surface area contributed by atoms with Gasteiger partial charge in [-0.05, 0) is 19.8 Å². The van der Waals surface area contributed by atoms with Gasteiger partial charge in [0.15, 0.2) is 0 Å². The van der Waals surface area contributed by atoms with Gasteiger partial charge in [-0.2, -0.15) is 10.2 Å². The molecule has 0 saturated heterocycles. The van der Waals surface area contributed by atoms with Crippen molar-refractivity contribution in [2.45, 2.75) is 39.3 Å². The van der Waals surface area contributed by atoms with E-state index in [1.54, 1.807) is 5.01 Å². The van der Waals surface area contributed by atoms with E-state index in [2.05, 4.69) is 12.0 Å². The number of nitrogens with zero attached hydrogens (tertiary/aromatic N) is 3. The van der Waals surface area contributed by atoms with E-state index >= 15 is 0 Å². The molecule has 0 fully saturated rings. The molecule has 0 bridgehead atoms. The molecular weight excluding hydrogens is 157 g/mol. The van der Waals surface area contributed by atoms with Crippen LogP contribution in [0.1, 0.15) is 33.1 Å². The third-order valence-electron chi connectivity index (χ3n) is 2.08. The molecule has 3 nitrogen and oxygen atoms in total. The maximum atomic E-state index is 13.0. The minimum Gasteiger partial charge on any atom is -0.271 e. The normalized spacial score (nSPS) is 22.4. The van der Waals surface area contributed by atoms with Crippen LogP contribution in [0.5, 0.6) is 0 Å². The second-order valence-electron chi connectivity index (χ2n) is 2.95. The number of unbranched alkanes of at least 4 members (excludes halogenated alkanes) is 1. The summed E-state index contributed by atoms with van der Waals surface area (Å²) in [4.78, 5) is 0. The van der Waals surface area contributed by atoms with Gasteiger partial charge in [0.05, 0.1) is 0 Å². The average Bonchev–Trinajstić information content (AvgIpc) is 2.43. The third kappa shape index (κ3) is 1.87. The van der Waals surface area contributed by atoms with E-state index < -0.39 is 0 Å². The van der Waals surface area contributed by atoms with E-state index in [9.17, 15) is 4.48 Å². The van der Waals surface area contributed by atoms with Gasteiger partial charge >= 0.3 is 0 Å². The Balaban J connectivity index is 2.39. The van der Waals surface area contributed by atoms with Crippen LogP contribution in [0.2, 0.25) is 0 Å². The lowest BCUT2D eigenvalue weighted by Crippen LogP contribution is -2.35. The van der Waals surface area contributed by atoms with Crippen LogP contribution < -0.4 is 0 Å². The Hall–Kier alpha value is -0.800. The van der Waals surface area contributed by atoms with Gasteiger partial charge in [0.25, 0.3) is 0 Å². The Morgan fingerprint density at radius 2 is 2.25 bits per heavy atom. The highest BCUT2D eigenvalue weighted by atomic mass is 19.2. The molecule has 1 atom stereocenters. The van der Waals surface area contributed by atoms with Gasteiger partial charge in [0, 0.05) is 6.54 Å². The lowest BCUT2D eigenvalue weighted by atomic mass is 10.2. The summed E-state index contributed by atoms with van der Waals surface area (Å²) in [5.41, 5.74) is 0. The standard InChI is InChI=1S/C8H16FN3/c1-3-5-6-8-11(9)7-10-12(8)4-2/h7-8H,3-6H2,1-2H3. The van der Waals surface area contributed by atoms with Crippen LogP contribution in [-0.4, -0.2) is 29.2 Å². The molecule has 0 spiro atoms. The first-order valence-electron chi connectivity index (χ1n) is 4.54. The third-order valence-corrected chi connectivity index (χ3v) is 2.08. The molecule has 0 amide bonds. The largest absolute Gasteiger partial charge is 0.271 e. The first-order chi connectivity index (χ1) is 5.79. The molecule has 1 rings (SSSR count). The zero-order valence-corrected chi connectivity index (χ0v) is 7.70. The number of hydrogen-bond acceptors (Lipinski definition) is 3. The number of hydrogen-bond donors (Lipinski definition) is 0. The van der Waals surface area contributed by atoms with Crippen molar-refractivity contribution in [2.24, 2.45) is 5.10 Å². The molecule has 0 saturated carbocycles. The molecule has 0 radical (unpaired) electrons. The lowest BCUT2D eigenvalue weighted by molar-refractivity contribution is 0.00135. The highest BCUT2D eigenvalue weighted by Gasteiger charge is 2.25. The number of rotatable bonds is 4. The molecule has 12 heavy (non-hydrogen) atoms. The van der Waals surface area contributed by atoms with Crippen LogP contribution in [0.4, 0.5) is 4.48 Å². The van der Waals surface area contributed by atoms with E-state index in [1.807, 2.05) is 6.92 Å². The Morgan fingerprint density at radius 3 is 2.83 bits per heavy atom. The minimum absolute atomic E-state index is 0.157. The Labute approximate surface area is 72.8 Å². The van der Waals surface area contributed by atoms with Crippen molar-refractivity contribution >= 4 is 6.34 Å². The topological polar surface area (TPSA) is 18.8 Å². The minimum atomic E-state index is -0.157. The molecule has 1 unspecified atom stereocenters. The van der Waals surface area contributed by atoms with Crippen molar-refractivity contribution in [3.63, 3.8) is 0 Å². The van der Waals surface area contributed by atoms with Crippen LogP contribution >= 0.6 is 0 Å². The van der Waals surface area contributed by atoms with Crippen molar-refractivity contribution in [3.8, 4) is 0 Å². The summed E-state index contributed by atoms with van der Waals surface area (Å²) in [5, 5.41) is 6.40. The fourth-order valence-electron chi connectivity index (χ4n) is 1.35. The molecular formula is C8H16FN3. The molecule has 0 aromatic heterocycles. The van der Waals surface area contributed by atoms with E-state index in [0.717, 1.165) is 25.8 Å². The Kier molecular flexibility index (Phi) is 3.31. The van der Waals surface area contributed by atoms with Crippen LogP contribution in [0.15, 0.2) is 5.10 Å². The maximum absolute atomic E-state index is 13.0. The van der Waals surface area contributed by atoms with Gasteiger partial charge in [-0.3, -0.25) is 5.01 Å². The first-order valence-corrected chi connectivity index (χ1v) is 4.54. The van der Waals surface area contributed by atoms with Gasteiger partial charge in [0.1, 0.15) is 12.5 Å². The lowest BCUT2D eigenvalue weighted by Gasteiger charge is -2.23. The smallest absolute Gasteiger partial charge is 0.149 e. The van der Waals surface area contributed by atoms with Gasteiger partial charge < -0.3 is 0 Å². The molecule has 4 heteroatoms. The summed E-state index contributed by atoms with van der Waals surface area (Å²) in [7, 11) is 0. The molecule has 70 valence electrons. The van der Waals surface area contributed by atoms with Crippen molar-refractivity contribution in [1.82, 2.24) is 10.1 Å². The zero-order valence-electron chi connectivity index (χ0n) is 7.70. The average molecular weight is 173 g/mol. The van der Waals surface area contributed by atoms with Crippen LogP contribution in [-0.2, 0) is 0 Å². The SMILES string of the molecule is CCCCC1N(F)C=NN1CC. The highest BCUT2D eigenvalue weighted by Crippen LogP contribution is 2.17. The van der Waals surface area contributed by atoms with Gasteiger partial charge in [-0.1, -0.05) is 17.8 Å². The summed E-state index contributed by atoms with van der Waals surface area (Å²) in [6, 6.07) is 0. The van der Waals surface area contributed by atoms with Crippen molar-refractivity contribution in [3.05, 3.63) is 0 Å². The zero-order chi connectivity index (χ0) is 8.97. The molecule has 0 aromatic rings. The molecule has 1 aliphatic rings. The van der Waals surface area contributed by atoms with Crippen LogP contribution in [0, 0.1) is 0 Å². The second kappa shape index (κ2) is 4.28. The molecule has 1 aliphatic heterocycles. The van der Waals surface area contributed by atoms with Gasteiger partial charge in [-0.15, -0.1) is 0 Å². The first kappa shape index (κ1) is 9.29. The summed E-state index contributed by atoms with van der Waals surface area (Å²) < 4.78 is 13.0. The van der Waals surface area contributed by atoms with E-state index in [4.69, 9.17) is 0 Å². The summed E-state index contributed by atoms with van der Waals surface area (Å²) >= 11 is 0.